The number of amides is 1. The highest BCUT2D eigenvalue weighted by molar-refractivity contribution is 5.94. The van der Waals surface area contributed by atoms with E-state index in [1.165, 1.54) is 12.1 Å². The van der Waals surface area contributed by atoms with Gasteiger partial charge in [0.05, 0.1) is 5.69 Å². The van der Waals surface area contributed by atoms with Crippen molar-refractivity contribution in [2.24, 2.45) is 5.92 Å². The van der Waals surface area contributed by atoms with Crippen LogP contribution in [0, 0.1) is 17.6 Å². The summed E-state index contributed by atoms with van der Waals surface area (Å²) < 4.78 is 27.8. The van der Waals surface area contributed by atoms with E-state index in [9.17, 15) is 13.6 Å². The van der Waals surface area contributed by atoms with E-state index >= 15 is 0 Å². The highest BCUT2D eigenvalue weighted by Gasteiger charge is 2.34. The standard InChI is InChI=1S/C23H28F2N2O.ClH/c1-3-23(28)27(22-10-5-4-9-20(22)25)21-12-14-26(16-17(21)2)13-11-18-7-6-8-19(24)15-18;/h4-10,15,17,21H,3,11-14,16H2,1-2H3;1H/t17-,21-;/m0./s1. The van der Waals surface area contributed by atoms with Crippen LogP contribution >= 0.6 is 12.4 Å². The first kappa shape index (κ1) is 23.3. The average Bonchev–Trinajstić information content (AvgIpc) is 2.69. The molecule has 0 spiro atoms. The van der Waals surface area contributed by atoms with Gasteiger partial charge in [-0.15, -0.1) is 12.4 Å². The lowest BCUT2D eigenvalue weighted by Gasteiger charge is -2.42. The summed E-state index contributed by atoms with van der Waals surface area (Å²) in [5.41, 5.74) is 1.36. The number of benzene rings is 2. The number of carbonyl (C=O) groups is 1. The molecule has 0 unspecified atom stereocenters. The Morgan fingerprint density at radius 2 is 1.93 bits per heavy atom. The van der Waals surface area contributed by atoms with Gasteiger partial charge in [-0.2, -0.15) is 0 Å². The molecule has 3 rings (SSSR count). The molecule has 158 valence electrons. The topological polar surface area (TPSA) is 23.6 Å². The lowest BCUT2D eigenvalue weighted by molar-refractivity contribution is -0.119. The quantitative estimate of drug-likeness (QED) is 0.647. The molecule has 1 amide bonds. The summed E-state index contributed by atoms with van der Waals surface area (Å²) >= 11 is 0. The van der Waals surface area contributed by atoms with Crippen LogP contribution < -0.4 is 4.90 Å². The Morgan fingerprint density at radius 1 is 1.17 bits per heavy atom. The predicted molar refractivity (Wildman–Crippen MR) is 116 cm³/mol. The molecule has 2 atom stereocenters. The van der Waals surface area contributed by atoms with Crippen LogP contribution in [0.3, 0.4) is 0 Å². The van der Waals surface area contributed by atoms with Crippen molar-refractivity contribution in [2.45, 2.75) is 39.2 Å². The molecule has 0 N–H and O–H groups in total. The third-order valence-corrected chi connectivity index (χ3v) is 5.56. The number of carbonyl (C=O) groups excluding carboxylic acids is 1. The maximum Gasteiger partial charge on any atom is 0.227 e. The monoisotopic (exact) mass is 422 g/mol. The number of piperidine rings is 1. The highest BCUT2D eigenvalue weighted by Crippen LogP contribution is 2.30. The van der Waals surface area contributed by atoms with Crippen molar-refractivity contribution in [1.29, 1.82) is 0 Å². The Morgan fingerprint density at radius 3 is 2.59 bits per heavy atom. The molecule has 1 heterocycles. The van der Waals surface area contributed by atoms with Crippen molar-refractivity contribution < 1.29 is 13.6 Å². The fraction of sp³-hybridized carbons (Fsp3) is 0.435. The van der Waals surface area contributed by atoms with Gasteiger partial charge in [0.25, 0.3) is 0 Å². The van der Waals surface area contributed by atoms with Crippen LogP contribution in [0.5, 0.6) is 0 Å². The van der Waals surface area contributed by atoms with E-state index < -0.39 is 0 Å². The van der Waals surface area contributed by atoms with Gasteiger partial charge < -0.3 is 9.80 Å². The minimum absolute atomic E-state index is 0. The van der Waals surface area contributed by atoms with E-state index in [1.54, 1.807) is 35.2 Å². The third-order valence-electron chi connectivity index (χ3n) is 5.56. The molecule has 2 aromatic rings. The van der Waals surface area contributed by atoms with Gasteiger partial charge >= 0.3 is 0 Å². The number of rotatable bonds is 6. The zero-order valence-electron chi connectivity index (χ0n) is 17.0. The summed E-state index contributed by atoms with van der Waals surface area (Å²) in [6.07, 6.45) is 1.94. The number of hydrogen-bond donors (Lipinski definition) is 0. The van der Waals surface area contributed by atoms with Crippen LogP contribution in [0.2, 0.25) is 0 Å². The summed E-state index contributed by atoms with van der Waals surface area (Å²) in [7, 11) is 0. The summed E-state index contributed by atoms with van der Waals surface area (Å²) in [6, 6.07) is 13.2. The number of likely N-dealkylation sites (tertiary alicyclic amines) is 1. The Balaban J connectivity index is 0.00000300. The van der Waals surface area contributed by atoms with Crippen LogP contribution in [0.1, 0.15) is 32.3 Å². The molecule has 3 nitrogen and oxygen atoms in total. The molecule has 0 radical (unpaired) electrons. The summed E-state index contributed by atoms with van der Waals surface area (Å²) in [5.74, 6) is -0.389. The Bertz CT molecular complexity index is 817. The minimum atomic E-state index is -0.356. The summed E-state index contributed by atoms with van der Waals surface area (Å²) in [5, 5.41) is 0. The number of para-hydroxylation sites is 1. The molecule has 29 heavy (non-hydrogen) atoms. The van der Waals surface area contributed by atoms with Crippen molar-refractivity contribution in [3.63, 3.8) is 0 Å². The van der Waals surface area contributed by atoms with E-state index in [0.29, 0.717) is 12.1 Å². The van der Waals surface area contributed by atoms with E-state index in [2.05, 4.69) is 11.8 Å². The van der Waals surface area contributed by atoms with Gasteiger partial charge in [-0.1, -0.05) is 38.1 Å². The minimum Gasteiger partial charge on any atom is -0.306 e. The number of anilines is 1. The van der Waals surface area contributed by atoms with Gasteiger partial charge in [-0.25, -0.2) is 8.78 Å². The second-order valence-electron chi connectivity index (χ2n) is 7.58. The van der Waals surface area contributed by atoms with E-state index in [4.69, 9.17) is 0 Å². The second kappa shape index (κ2) is 10.7. The maximum absolute atomic E-state index is 14.4. The van der Waals surface area contributed by atoms with Crippen molar-refractivity contribution >= 4 is 24.0 Å². The van der Waals surface area contributed by atoms with Crippen LogP contribution in [-0.2, 0) is 11.2 Å². The average molecular weight is 423 g/mol. The van der Waals surface area contributed by atoms with Crippen molar-refractivity contribution in [3.05, 3.63) is 65.7 Å². The van der Waals surface area contributed by atoms with Crippen molar-refractivity contribution in [2.75, 3.05) is 24.5 Å². The normalized spacial score (nSPS) is 19.4. The summed E-state index contributed by atoms with van der Waals surface area (Å²) in [6.45, 7) is 6.46. The molecule has 1 aliphatic rings. The van der Waals surface area contributed by atoms with Gasteiger partial charge in [0.1, 0.15) is 11.6 Å². The van der Waals surface area contributed by atoms with E-state index in [-0.39, 0.29) is 41.9 Å². The van der Waals surface area contributed by atoms with Gasteiger partial charge in [-0.3, -0.25) is 4.79 Å². The summed E-state index contributed by atoms with van der Waals surface area (Å²) in [4.78, 5) is 16.7. The van der Waals surface area contributed by atoms with Gasteiger partial charge in [0.15, 0.2) is 0 Å². The highest BCUT2D eigenvalue weighted by atomic mass is 35.5. The zero-order valence-corrected chi connectivity index (χ0v) is 17.8. The largest absolute Gasteiger partial charge is 0.306 e. The third kappa shape index (κ3) is 5.77. The molecule has 1 fully saturated rings. The lowest BCUT2D eigenvalue weighted by Crippen LogP contribution is -2.52. The van der Waals surface area contributed by atoms with Crippen LogP contribution in [0.25, 0.3) is 0 Å². The lowest BCUT2D eigenvalue weighted by atomic mass is 9.91. The molecular weight excluding hydrogens is 394 g/mol. The number of hydrogen-bond acceptors (Lipinski definition) is 2. The first-order valence-corrected chi connectivity index (χ1v) is 10.0. The molecule has 1 saturated heterocycles. The van der Waals surface area contributed by atoms with Gasteiger partial charge in [-0.05, 0) is 48.6 Å². The van der Waals surface area contributed by atoms with Crippen LogP contribution in [0.15, 0.2) is 48.5 Å². The van der Waals surface area contributed by atoms with Crippen LogP contribution in [0.4, 0.5) is 14.5 Å². The smallest absolute Gasteiger partial charge is 0.227 e. The first-order valence-electron chi connectivity index (χ1n) is 10.0. The van der Waals surface area contributed by atoms with Crippen molar-refractivity contribution in [3.8, 4) is 0 Å². The zero-order chi connectivity index (χ0) is 20.1. The molecule has 6 heteroatoms. The Kier molecular flexibility index (Phi) is 8.60. The van der Waals surface area contributed by atoms with Crippen molar-refractivity contribution in [1.82, 2.24) is 4.90 Å². The van der Waals surface area contributed by atoms with Crippen LogP contribution in [-0.4, -0.2) is 36.5 Å². The molecule has 0 saturated carbocycles. The van der Waals surface area contributed by atoms with E-state index in [1.807, 2.05) is 13.0 Å². The second-order valence-corrected chi connectivity index (χ2v) is 7.58. The number of nitrogens with zero attached hydrogens (tertiary/aromatic N) is 2. The molecule has 0 aromatic heterocycles. The molecule has 0 aliphatic carbocycles. The Labute approximate surface area is 178 Å². The Hall–Kier alpha value is -1.98. The molecule has 2 aromatic carbocycles. The molecule has 0 bridgehead atoms. The van der Waals surface area contributed by atoms with Gasteiger partial charge in [0, 0.05) is 32.1 Å². The van der Waals surface area contributed by atoms with Gasteiger partial charge in [0.2, 0.25) is 5.91 Å². The predicted octanol–water partition coefficient (Wildman–Crippen LogP) is 5.08. The maximum atomic E-state index is 14.4. The van der Waals surface area contributed by atoms with E-state index in [0.717, 1.165) is 38.0 Å². The SMILES string of the molecule is CCC(=O)N(c1ccccc1F)[C@H]1CCN(CCc2cccc(F)c2)C[C@@H]1C.Cl. The first-order chi connectivity index (χ1) is 13.5. The number of halogens is 3. The fourth-order valence-electron chi connectivity index (χ4n) is 4.10. The molecule has 1 aliphatic heterocycles. The fourth-order valence-corrected chi connectivity index (χ4v) is 4.10. The molecular formula is C23H29ClF2N2O.